The highest BCUT2D eigenvalue weighted by Gasteiger charge is 2.38. The van der Waals surface area contributed by atoms with Crippen LogP contribution in [0, 0.1) is 5.92 Å². The smallest absolute Gasteiger partial charge is 0.229 e. The number of benzene rings is 1. The number of hydrogen-bond donors (Lipinski definition) is 2. The van der Waals surface area contributed by atoms with Crippen LogP contribution in [-0.2, 0) is 4.79 Å². The summed E-state index contributed by atoms with van der Waals surface area (Å²) >= 11 is 0. The number of carbonyl (C=O) groups is 1. The molecule has 2 N–H and O–H groups in total. The van der Waals surface area contributed by atoms with Crippen molar-refractivity contribution < 1.29 is 9.53 Å². The summed E-state index contributed by atoms with van der Waals surface area (Å²) in [5, 5.41) is 0. The van der Waals surface area contributed by atoms with Gasteiger partial charge in [0.15, 0.2) is 0 Å². The second-order valence-electron chi connectivity index (χ2n) is 6.85. The average molecular weight is 331 g/mol. The number of nitrogens with one attached hydrogen (secondary N) is 2. The van der Waals surface area contributed by atoms with Crippen LogP contribution in [-0.4, -0.2) is 37.0 Å². The van der Waals surface area contributed by atoms with Crippen LogP contribution in [0.15, 0.2) is 24.3 Å². The molecule has 0 aliphatic carbocycles. The van der Waals surface area contributed by atoms with Gasteiger partial charge in [0, 0.05) is 19.1 Å². The monoisotopic (exact) mass is 331 g/mol. The van der Waals surface area contributed by atoms with Gasteiger partial charge in [0.05, 0.1) is 19.1 Å². The van der Waals surface area contributed by atoms with E-state index in [9.17, 15) is 4.79 Å². The van der Waals surface area contributed by atoms with Crippen molar-refractivity contribution in [3.05, 3.63) is 29.8 Å². The van der Waals surface area contributed by atoms with Crippen LogP contribution in [0.3, 0.4) is 0 Å². The Morgan fingerprint density at radius 2 is 2.25 bits per heavy atom. The number of amides is 1. The molecule has 24 heavy (non-hydrogen) atoms. The third-order valence-electron chi connectivity index (χ3n) is 5.28. The van der Waals surface area contributed by atoms with E-state index < -0.39 is 0 Å². The molecule has 2 heterocycles. The van der Waals surface area contributed by atoms with E-state index in [-0.39, 0.29) is 18.0 Å². The number of nitrogens with zero attached hydrogens (tertiary/aromatic N) is 1. The largest absolute Gasteiger partial charge is 0.497 e. The molecule has 3 unspecified atom stereocenters. The van der Waals surface area contributed by atoms with E-state index in [1.165, 1.54) is 12.0 Å². The fourth-order valence-corrected chi connectivity index (χ4v) is 3.99. The number of hydrogen-bond acceptors (Lipinski definition) is 4. The van der Waals surface area contributed by atoms with Gasteiger partial charge in [-0.3, -0.25) is 15.6 Å². The molecule has 0 radical (unpaired) electrons. The second-order valence-corrected chi connectivity index (χ2v) is 6.85. The lowest BCUT2D eigenvalue weighted by atomic mass is 9.91. The molecule has 0 aromatic heterocycles. The summed E-state index contributed by atoms with van der Waals surface area (Å²) in [5.41, 5.74) is 7.65. The minimum Gasteiger partial charge on any atom is -0.497 e. The van der Waals surface area contributed by atoms with Crippen LogP contribution in [0.4, 0.5) is 0 Å². The van der Waals surface area contributed by atoms with Crippen LogP contribution in [0.2, 0.25) is 0 Å². The Bertz CT molecular complexity index is 563. The van der Waals surface area contributed by atoms with Gasteiger partial charge in [-0.2, -0.15) is 0 Å². The molecule has 0 saturated carbocycles. The summed E-state index contributed by atoms with van der Waals surface area (Å²) < 4.78 is 5.37. The Kier molecular flexibility index (Phi) is 5.74. The summed E-state index contributed by atoms with van der Waals surface area (Å²) in [7, 11) is 1.69. The summed E-state index contributed by atoms with van der Waals surface area (Å²) in [4.78, 5) is 15.3. The molecule has 1 aromatic rings. The van der Waals surface area contributed by atoms with E-state index in [4.69, 9.17) is 4.74 Å². The highest BCUT2D eigenvalue weighted by molar-refractivity contribution is 5.80. The summed E-state index contributed by atoms with van der Waals surface area (Å²) in [6.45, 7) is 3.75. The molecule has 132 valence electrons. The number of ether oxygens (including phenoxy) is 1. The first-order valence-electron chi connectivity index (χ1n) is 9.17. The normalized spacial score (nSPS) is 27.2. The molecule has 2 aliphatic rings. The zero-order valence-corrected chi connectivity index (χ0v) is 14.8. The summed E-state index contributed by atoms with van der Waals surface area (Å²) in [5.74, 6) is 1.19. The molecule has 0 bridgehead atoms. The molecular formula is C19H29N3O2. The van der Waals surface area contributed by atoms with E-state index in [0.29, 0.717) is 5.91 Å². The summed E-state index contributed by atoms with van der Waals surface area (Å²) in [6, 6.07) is 8.59. The number of methoxy groups -OCH3 is 1. The van der Waals surface area contributed by atoms with Crippen LogP contribution in [0.25, 0.3) is 0 Å². The van der Waals surface area contributed by atoms with Gasteiger partial charge in [0.25, 0.3) is 0 Å². The lowest BCUT2D eigenvalue weighted by molar-refractivity contribution is -0.139. The predicted octanol–water partition coefficient (Wildman–Crippen LogP) is 2.64. The standard InChI is InChI=1S/C19H29N3O2/c1-3-7-17-16(13-20-21-17)19(23)22-11-5-4-10-18(22)14-8-6-9-15(12-14)24-2/h6,8-9,12,16-18,20-21H,3-5,7,10-11,13H2,1-2H3. The van der Waals surface area contributed by atoms with Crippen LogP contribution in [0.5, 0.6) is 5.75 Å². The van der Waals surface area contributed by atoms with Gasteiger partial charge in [-0.05, 0) is 43.4 Å². The van der Waals surface area contributed by atoms with Crippen LogP contribution >= 0.6 is 0 Å². The molecule has 2 fully saturated rings. The van der Waals surface area contributed by atoms with E-state index in [1.54, 1.807) is 7.11 Å². The highest BCUT2D eigenvalue weighted by atomic mass is 16.5. The minimum atomic E-state index is 0.0381. The minimum absolute atomic E-state index is 0.0381. The van der Waals surface area contributed by atoms with Gasteiger partial charge < -0.3 is 9.64 Å². The van der Waals surface area contributed by atoms with Crippen LogP contribution < -0.4 is 15.6 Å². The molecule has 1 aromatic carbocycles. The molecule has 2 aliphatic heterocycles. The molecule has 3 rings (SSSR count). The van der Waals surface area contributed by atoms with Gasteiger partial charge in [-0.25, -0.2) is 0 Å². The fraction of sp³-hybridized carbons (Fsp3) is 0.632. The first-order chi connectivity index (χ1) is 11.7. The molecule has 5 heteroatoms. The van der Waals surface area contributed by atoms with E-state index in [1.807, 2.05) is 12.1 Å². The lowest BCUT2D eigenvalue weighted by Gasteiger charge is -2.38. The van der Waals surface area contributed by atoms with Crippen molar-refractivity contribution in [2.75, 3.05) is 20.2 Å². The van der Waals surface area contributed by atoms with Gasteiger partial charge in [-0.15, -0.1) is 0 Å². The zero-order valence-electron chi connectivity index (χ0n) is 14.8. The second kappa shape index (κ2) is 7.99. The van der Waals surface area contributed by atoms with Crippen molar-refractivity contribution in [1.29, 1.82) is 0 Å². The number of likely N-dealkylation sites (tertiary alicyclic amines) is 1. The first kappa shape index (κ1) is 17.2. The Labute approximate surface area is 144 Å². The van der Waals surface area contributed by atoms with Crippen molar-refractivity contribution in [2.24, 2.45) is 5.92 Å². The van der Waals surface area contributed by atoms with Crippen molar-refractivity contribution in [3.8, 4) is 5.75 Å². The number of rotatable bonds is 5. The Morgan fingerprint density at radius 1 is 1.38 bits per heavy atom. The Hall–Kier alpha value is -1.59. The molecule has 0 spiro atoms. The summed E-state index contributed by atoms with van der Waals surface area (Å²) in [6.07, 6.45) is 5.41. The van der Waals surface area contributed by atoms with Crippen molar-refractivity contribution >= 4 is 5.91 Å². The van der Waals surface area contributed by atoms with Crippen molar-refractivity contribution in [2.45, 2.75) is 51.1 Å². The number of piperidine rings is 1. The maximum absolute atomic E-state index is 13.2. The van der Waals surface area contributed by atoms with Gasteiger partial charge >= 0.3 is 0 Å². The third-order valence-corrected chi connectivity index (χ3v) is 5.28. The van der Waals surface area contributed by atoms with Gasteiger partial charge in [0.1, 0.15) is 5.75 Å². The van der Waals surface area contributed by atoms with Crippen molar-refractivity contribution in [3.63, 3.8) is 0 Å². The fourth-order valence-electron chi connectivity index (χ4n) is 3.99. The average Bonchev–Trinajstić information content (AvgIpc) is 3.10. The molecule has 3 atom stereocenters. The number of carbonyl (C=O) groups excluding carboxylic acids is 1. The lowest BCUT2D eigenvalue weighted by Crippen LogP contribution is -2.45. The Morgan fingerprint density at radius 3 is 3.04 bits per heavy atom. The quantitative estimate of drug-likeness (QED) is 0.871. The zero-order chi connectivity index (χ0) is 16.9. The van der Waals surface area contributed by atoms with Gasteiger partial charge in [-0.1, -0.05) is 25.5 Å². The molecule has 5 nitrogen and oxygen atoms in total. The van der Waals surface area contributed by atoms with E-state index >= 15 is 0 Å². The van der Waals surface area contributed by atoms with E-state index in [2.05, 4.69) is 34.8 Å². The van der Waals surface area contributed by atoms with Crippen LogP contribution in [0.1, 0.15) is 50.6 Å². The van der Waals surface area contributed by atoms with Gasteiger partial charge in [0.2, 0.25) is 5.91 Å². The Balaban J connectivity index is 1.79. The highest BCUT2D eigenvalue weighted by Crippen LogP contribution is 2.34. The number of hydrazine groups is 1. The maximum atomic E-state index is 13.2. The van der Waals surface area contributed by atoms with Crippen molar-refractivity contribution in [1.82, 2.24) is 15.8 Å². The maximum Gasteiger partial charge on any atom is 0.229 e. The first-order valence-corrected chi connectivity index (χ1v) is 9.17. The molecule has 2 saturated heterocycles. The molecular weight excluding hydrogens is 302 g/mol. The third kappa shape index (κ3) is 3.57. The topological polar surface area (TPSA) is 53.6 Å². The predicted molar refractivity (Wildman–Crippen MR) is 94.6 cm³/mol. The van der Waals surface area contributed by atoms with E-state index in [0.717, 1.165) is 44.5 Å². The SMILES string of the molecule is CCCC1NNCC1C(=O)N1CCCCC1c1cccc(OC)c1. The molecule has 1 amide bonds.